The molecule has 108 valence electrons. The number of aromatic nitrogens is 1. The van der Waals surface area contributed by atoms with Crippen LogP contribution in [0.25, 0.3) is 21.8 Å². The van der Waals surface area contributed by atoms with Crippen LogP contribution in [0.3, 0.4) is 0 Å². The van der Waals surface area contributed by atoms with Crippen molar-refractivity contribution in [3.05, 3.63) is 83.7 Å². The lowest BCUT2D eigenvalue weighted by Gasteiger charge is -2.12. The normalized spacial score (nSPS) is 12.8. The van der Waals surface area contributed by atoms with Gasteiger partial charge in [0.05, 0.1) is 6.04 Å². The van der Waals surface area contributed by atoms with E-state index in [0.29, 0.717) is 0 Å². The summed E-state index contributed by atoms with van der Waals surface area (Å²) in [4.78, 5) is 3.40. The van der Waals surface area contributed by atoms with Gasteiger partial charge in [0.15, 0.2) is 0 Å². The highest BCUT2D eigenvalue weighted by Crippen LogP contribution is 2.29. The Morgan fingerprint density at radius 1 is 0.773 bits per heavy atom. The molecule has 1 aromatic heterocycles. The first-order chi connectivity index (χ1) is 10.7. The lowest BCUT2D eigenvalue weighted by molar-refractivity contribution is 0.626. The summed E-state index contributed by atoms with van der Waals surface area (Å²) < 4.78 is 13.0. The molecule has 3 N–H and O–H groups in total. The van der Waals surface area contributed by atoms with E-state index in [2.05, 4.69) is 23.2 Å². The van der Waals surface area contributed by atoms with Gasteiger partial charge in [0.25, 0.3) is 0 Å². The van der Waals surface area contributed by atoms with Gasteiger partial charge in [0, 0.05) is 21.8 Å². The fourth-order valence-electron chi connectivity index (χ4n) is 2.92. The molecule has 0 aliphatic heterocycles. The third kappa shape index (κ3) is 2.07. The highest BCUT2D eigenvalue weighted by molar-refractivity contribution is 6.07. The fourth-order valence-corrected chi connectivity index (χ4v) is 2.92. The van der Waals surface area contributed by atoms with Gasteiger partial charge in [0.2, 0.25) is 0 Å². The van der Waals surface area contributed by atoms with Crippen molar-refractivity contribution in [2.24, 2.45) is 5.73 Å². The van der Waals surface area contributed by atoms with E-state index in [-0.39, 0.29) is 11.9 Å². The Morgan fingerprint density at radius 2 is 1.45 bits per heavy atom. The van der Waals surface area contributed by atoms with Gasteiger partial charge in [-0.2, -0.15) is 0 Å². The molecule has 1 heterocycles. The van der Waals surface area contributed by atoms with Crippen LogP contribution >= 0.6 is 0 Å². The molecule has 0 saturated carbocycles. The molecular weight excluding hydrogens is 275 g/mol. The molecule has 0 bridgehead atoms. The standard InChI is InChI=1S/C19H15FN2/c20-14-8-5-12(6-9-14)19(21)13-7-10-18-16(11-13)15-3-1-2-4-17(15)22-18/h1-11,19,22H,21H2. The molecule has 4 aromatic rings. The first-order valence-corrected chi connectivity index (χ1v) is 7.24. The van der Waals surface area contributed by atoms with Crippen molar-refractivity contribution in [1.82, 2.24) is 4.98 Å². The largest absolute Gasteiger partial charge is 0.355 e. The average molecular weight is 290 g/mol. The summed E-state index contributed by atoms with van der Waals surface area (Å²) in [6, 6.07) is 20.5. The minimum Gasteiger partial charge on any atom is -0.355 e. The van der Waals surface area contributed by atoms with E-state index in [0.717, 1.165) is 27.5 Å². The number of nitrogens with two attached hydrogens (primary N) is 1. The maximum atomic E-state index is 13.0. The van der Waals surface area contributed by atoms with Crippen LogP contribution in [0.1, 0.15) is 17.2 Å². The third-order valence-corrected chi connectivity index (χ3v) is 4.12. The van der Waals surface area contributed by atoms with Gasteiger partial charge in [-0.3, -0.25) is 0 Å². The second-order valence-electron chi connectivity index (χ2n) is 5.50. The second-order valence-corrected chi connectivity index (χ2v) is 5.50. The summed E-state index contributed by atoms with van der Waals surface area (Å²) in [6.07, 6.45) is 0. The van der Waals surface area contributed by atoms with Crippen LogP contribution in [0.2, 0.25) is 0 Å². The molecular formula is C19H15FN2. The van der Waals surface area contributed by atoms with Gasteiger partial charge in [-0.15, -0.1) is 0 Å². The van der Waals surface area contributed by atoms with Crippen LogP contribution in [0, 0.1) is 5.82 Å². The van der Waals surface area contributed by atoms with E-state index in [1.165, 1.54) is 17.5 Å². The second kappa shape index (κ2) is 4.97. The summed E-state index contributed by atoms with van der Waals surface area (Å²) in [5, 5.41) is 2.34. The molecule has 1 atom stereocenters. The van der Waals surface area contributed by atoms with E-state index in [1.54, 1.807) is 12.1 Å². The van der Waals surface area contributed by atoms with Crippen LogP contribution in [0.4, 0.5) is 4.39 Å². The summed E-state index contributed by atoms with van der Waals surface area (Å²) >= 11 is 0. The number of aromatic amines is 1. The number of rotatable bonds is 2. The van der Waals surface area contributed by atoms with Gasteiger partial charge in [-0.05, 0) is 41.5 Å². The highest BCUT2D eigenvalue weighted by atomic mass is 19.1. The van der Waals surface area contributed by atoms with Gasteiger partial charge >= 0.3 is 0 Å². The number of H-pyrrole nitrogens is 1. The molecule has 1 unspecified atom stereocenters. The SMILES string of the molecule is NC(c1ccc(F)cc1)c1ccc2[nH]c3ccccc3c2c1. The number of halogens is 1. The van der Waals surface area contributed by atoms with Crippen LogP contribution in [0.5, 0.6) is 0 Å². The lowest BCUT2D eigenvalue weighted by Crippen LogP contribution is -2.11. The molecule has 0 saturated heterocycles. The third-order valence-electron chi connectivity index (χ3n) is 4.12. The highest BCUT2D eigenvalue weighted by Gasteiger charge is 2.11. The number of hydrogen-bond acceptors (Lipinski definition) is 1. The van der Waals surface area contributed by atoms with Gasteiger partial charge in [0.1, 0.15) is 5.82 Å². The maximum Gasteiger partial charge on any atom is 0.123 e. The summed E-state index contributed by atoms with van der Waals surface area (Å²) in [5.74, 6) is -0.247. The molecule has 0 amide bonds. The molecule has 3 aromatic carbocycles. The van der Waals surface area contributed by atoms with Crippen LogP contribution in [-0.2, 0) is 0 Å². The van der Waals surface area contributed by atoms with Crippen LogP contribution in [-0.4, -0.2) is 4.98 Å². The smallest absolute Gasteiger partial charge is 0.123 e. The Morgan fingerprint density at radius 3 is 2.27 bits per heavy atom. The minimum atomic E-state index is -0.265. The van der Waals surface area contributed by atoms with Gasteiger partial charge in [-0.1, -0.05) is 36.4 Å². The van der Waals surface area contributed by atoms with Crippen molar-refractivity contribution in [2.75, 3.05) is 0 Å². The maximum absolute atomic E-state index is 13.0. The van der Waals surface area contributed by atoms with Gasteiger partial charge < -0.3 is 10.7 Å². The van der Waals surface area contributed by atoms with Crippen molar-refractivity contribution >= 4 is 21.8 Å². The molecule has 2 nitrogen and oxygen atoms in total. The zero-order valence-corrected chi connectivity index (χ0v) is 11.9. The minimum absolute atomic E-state index is 0.247. The molecule has 3 heteroatoms. The number of benzene rings is 3. The van der Waals surface area contributed by atoms with Crippen molar-refractivity contribution in [1.29, 1.82) is 0 Å². The first-order valence-electron chi connectivity index (χ1n) is 7.24. The lowest BCUT2D eigenvalue weighted by atomic mass is 9.98. The molecule has 0 spiro atoms. The number of hydrogen-bond donors (Lipinski definition) is 2. The molecule has 0 radical (unpaired) electrons. The Labute approximate surface area is 127 Å². The van der Waals surface area contributed by atoms with Crippen molar-refractivity contribution < 1.29 is 4.39 Å². The average Bonchev–Trinajstić information content (AvgIpc) is 2.92. The first kappa shape index (κ1) is 13.0. The molecule has 0 aliphatic rings. The van der Waals surface area contributed by atoms with Crippen molar-refractivity contribution in [3.8, 4) is 0 Å². The monoisotopic (exact) mass is 290 g/mol. The number of fused-ring (bicyclic) bond motifs is 3. The molecule has 22 heavy (non-hydrogen) atoms. The topological polar surface area (TPSA) is 41.8 Å². The number of nitrogens with one attached hydrogen (secondary N) is 1. The van der Waals surface area contributed by atoms with E-state index in [4.69, 9.17) is 5.73 Å². The molecule has 0 aliphatic carbocycles. The zero-order chi connectivity index (χ0) is 15.1. The van der Waals surface area contributed by atoms with Crippen molar-refractivity contribution in [2.45, 2.75) is 6.04 Å². The Hall–Kier alpha value is -2.65. The predicted molar refractivity (Wildman–Crippen MR) is 88.2 cm³/mol. The fraction of sp³-hybridized carbons (Fsp3) is 0.0526. The summed E-state index contributed by atoms with van der Waals surface area (Å²) in [7, 11) is 0. The predicted octanol–water partition coefficient (Wildman–Crippen LogP) is 4.51. The van der Waals surface area contributed by atoms with Crippen LogP contribution < -0.4 is 5.73 Å². The van der Waals surface area contributed by atoms with Crippen LogP contribution in [0.15, 0.2) is 66.7 Å². The van der Waals surface area contributed by atoms with E-state index in [1.807, 2.05) is 24.3 Å². The Bertz CT molecular complexity index is 954. The molecule has 0 fully saturated rings. The van der Waals surface area contributed by atoms with E-state index >= 15 is 0 Å². The number of para-hydroxylation sites is 1. The Balaban J connectivity index is 1.84. The zero-order valence-electron chi connectivity index (χ0n) is 11.9. The summed E-state index contributed by atoms with van der Waals surface area (Å²) in [5.41, 5.74) is 10.5. The van der Waals surface area contributed by atoms with Gasteiger partial charge in [-0.25, -0.2) is 4.39 Å². The Kier molecular flexibility index (Phi) is 2.94. The van der Waals surface area contributed by atoms with Crippen molar-refractivity contribution in [3.63, 3.8) is 0 Å². The quantitative estimate of drug-likeness (QED) is 0.560. The van der Waals surface area contributed by atoms with E-state index in [9.17, 15) is 4.39 Å². The summed E-state index contributed by atoms with van der Waals surface area (Å²) in [6.45, 7) is 0. The molecule has 4 rings (SSSR count). The van der Waals surface area contributed by atoms with E-state index < -0.39 is 0 Å².